The van der Waals surface area contributed by atoms with Gasteiger partial charge >= 0.3 is 0 Å². The minimum atomic E-state index is -0.453. The Morgan fingerprint density at radius 3 is 2.28 bits per heavy atom. The van der Waals surface area contributed by atoms with Crippen LogP contribution in [0.4, 0.5) is 0 Å². The summed E-state index contributed by atoms with van der Waals surface area (Å²) in [7, 11) is 1.50. The number of rotatable bonds is 2. The Kier molecular flexibility index (Phi) is 5.32. The van der Waals surface area contributed by atoms with Gasteiger partial charge in [0.2, 0.25) is 11.8 Å². The van der Waals surface area contributed by atoms with E-state index in [9.17, 15) is 9.59 Å². The minimum absolute atomic E-state index is 0.115. The monoisotopic (exact) mass is 249 g/mol. The van der Waals surface area contributed by atoms with Crippen LogP contribution in [-0.2, 0) is 16.0 Å². The Balaban J connectivity index is 0.000000771. The molecule has 1 aromatic carbocycles. The maximum atomic E-state index is 11.6. The lowest BCUT2D eigenvalue weighted by Gasteiger charge is -2.27. The zero-order chi connectivity index (χ0) is 13.5. The Labute approximate surface area is 107 Å². The van der Waals surface area contributed by atoms with E-state index >= 15 is 0 Å². The number of hydrogen-bond acceptors (Lipinski definition) is 3. The van der Waals surface area contributed by atoms with E-state index in [1.807, 2.05) is 30.3 Å². The molecule has 1 aliphatic heterocycles. The summed E-state index contributed by atoms with van der Waals surface area (Å²) in [5, 5.41) is 5.36. The summed E-state index contributed by atoms with van der Waals surface area (Å²) in [5.74, 6) is -0.239. The van der Waals surface area contributed by atoms with Crippen molar-refractivity contribution in [2.24, 2.45) is 5.73 Å². The number of piperazine rings is 1. The Bertz CT molecular complexity index is 406. The van der Waals surface area contributed by atoms with Crippen LogP contribution in [0.2, 0.25) is 0 Å². The lowest BCUT2D eigenvalue weighted by molar-refractivity contribution is -0.136. The third-order valence-corrected chi connectivity index (χ3v) is 2.67. The molecule has 1 aliphatic rings. The molecule has 0 saturated carbocycles. The molecular weight excluding hydrogens is 230 g/mol. The highest BCUT2D eigenvalue weighted by atomic mass is 16.2. The van der Waals surface area contributed by atoms with Gasteiger partial charge in [-0.25, -0.2) is 0 Å². The number of carbonyl (C=O) groups is 2. The van der Waals surface area contributed by atoms with E-state index in [1.165, 1.54) is 7.05 Å². The van der Waals surface area contributed by atoms with Gasteiger partial charge in [-0.1, -0.05) is 30.3 Å². The van der Waals surface area contributed by atoms with Crippen molar-refractivity contribution in [1.82, 2.24) is 10.6 Å². The fourth-order valence-corrected chi connectivity index (χ4v) is 1.74. The van der Waals surface area contributed by atoms with E-state index in [2.05, 4.69) is 16.4 Å². The van der Waals surface area contributed by atoms with Crippen LogP contribution in [0.5, 0.6) is 0 Å². The SMILES string of the molecule is CC1NC(=O)C(Cc2ccccc2)NC1=O.CN. The van der Waals surface area contributed by atoms with Crippen LogP contribution >= 0.6 is 0 Å². The van der Waals surface area contributed by atoms with Crippen LogP contribution in [0.1, 0.15) is 12.5 Å². The second-order valence-corrected chi connectivity index (χ2v) is 3.98. The second-order valence-electron chi connectivity index (χ2n) is 3.98. The molecule has 98 valence electrons. The molecule has 4 N–H and O–H groups in total. The summed E-state index contributed by atoms with van der Waals surface area (Å²) >= 11 is 0. The molecule has 0 spiro atoms. The quantitative estimate of drug-likeness (QED) is 0.679. The van der Waals surface area contributed by atoms with Gasteiger partial charge < -0.3 is 16.4 Å². The molecule has 5 heteroatoms. The number of benzene rings is 1. The van der Waals surface area contributed by atoms with Gasteiger partial charge in [-0.2, -0.15) is 0 Å². The molecule has 0 bridgehead atoms. The maximum Gasteiger partial charge on any atom is 0.243 e. The second kappa shape index (κ2) is 6.76. The van der Waals surface area contributed by atoms with Crippen molar-refractivity contribution in [3.63, 3.8) is 0 Å². The molecular formula is C13H19N3O2. The Hall–Kier alpha value is -1.88. The third-order valence-electron chi connectivity index (χ3n) is 2.67. The summed E-state index contributed by atoms with van der Waals surface area (Å²) in [6, 6.07) is 8.76. The van der Waals surface area contributed by atoms with Gasteiger partial charge in [-0.15, -0.1) is 0 Å². The Morgan fingerprint density at radius 2 is 1.67 bits per heavy atom. The number of nitrogens with one attached hydrogen (secondary N) is 2. The van der Waals surface area contributed by atoms with Crippen molar-refractivity contribution in [3.8, 4) is 0 Å². The van der Waals surface area contributed by atoms with Crippen molar-refractivity contribution in [2.75, 3.05) is 7.05 Å². The highest BCUT2D eigenvalue weighted by Gasteiger charge is 2.30. The van der Waals surface area contributed by atoms with E-state index in [0.717, 1.165) is 5.56 Å². The van der Waals surface area contributed by atoms with Gasteiger partial charge in [0.05, 0.1) is 0 Å². The van der Waals surface area contributed by atoms with E-state index in [-0.39, 0.29) is 11.8 Å². The minimum Gasteiger partial charge on any atom is -0.343 e. The van der Waals surface area contributed by atoms with Crippen LogP contribution in [0.25, 0.3) is 0 Å². The van der Waals surface area contributed by atoms with Crippen LogP contribution in [0.15, 0.2) is 30.3 Å². The van der Waals surface area contributed by atoms with Crippen molar-refractivity contribution in [2.45, 2.75) is 25.4 Å². The van der Waals surface area contributed by atoms with Crippen LogP contribution in [0.3, 0.4) is 0 Å². The summed E-state index contributed by atoms with van der Waals surface area (Å²) in [5.41, 5.74) is 5.54. The predicted molar refractivity (Wildman–Crippen MR) is 69.8 cm³/mol. The van der Waals surface area contributed by atoms with E-state index < -0.39 is 12.1 Å². The largest absolute Gasteiger partial charge is 0.343 e. The third kappa shape index (κ3) is 3.56. The molecule has 0 radical (unpaired) electrons. The summed E-state index contributed by atoms with van der Waals surface area (Å²) in [4.78, 5) is 23.0. The number of carbonyl (C=O) groups excluding carboxylic acids is 2. The molecule has 1 saturated heterocycles. The molecule has 0 aliphatic carbocycles. The normalized spacial score (nSPS) is 22.4. The first-order valence-electron chi connectivity index (χ1n) is 5.89. The van der Waals surface area contributed by atoms with Crippen molar-refractivity contribution >= 4 is 11.8 Å². The molecule has 1 fully saturated rings. The smallest absolute Gasteiger partial charge is 0.243 e. The summed E-state index contributed by atoms with van der Waals surface area (Å²) in [6.07, 6.45) is 0.533. The standard InChI is InChI=1S/C12H14N2O2.CH5N/c1-8-11(15)14-10(12(16)13-8)7-9-5-3-2-4-6-9;1-2/h2-6,8,10H,7H2,1H3,(H,13,16)(H,14,15);2H2,1H3. The maximum absolute atomic E-state index is 11.6. The number of hydrogen-bond donors (Lipinski definition) is 3. The average Bonchev–Trinajstić information content (AvgIpc) is 2.39. The van der Waals surface area contributed by atoms with E-state index in [0.29, 0.717) is 6.42 Å². The molecule has 2 atom stereocenters. The zero-order valence-corrected chi connectivity index (χ0v) is 10.6. The number of amides is 2. The van der Waals surface area contributed by atoms with Crippen LogP contribution in [0, 0.1) is 0 Å². The fourth-order valence-electron chi connectivity index (χ4n) is 1.74. The van der Waals surface area contributed by atoms with Gasteiger partial charge in [-0.05, 0) is 19.5 Å². The topological polar surface area (TPSA) is 84.2 Å². The average molecular weight is 249 g/mol. The van der Waals surface area contributed by atoms with E-state index in [4.69, 9.17) is 0 Å². The molecule has 2 unspecified atom stereocenters. The van der Waals surface area contributed by atoms with Crippen molar-refractivity contribution < 1.29 is 9.59 Å². The first-order valence-corrected chi connectivity index (χ1v) is 5.89. The van der Waals surface area contributed by atoms with Gasteiger partial charge in [0, 0.05) is 6.42 Å². The Morgan fingerprint density at radius 1 is 1.06 bits per heavy atom. The molecule has 18 heavy (non-hydrogen) atoms. The van der Waals surface area contributed by atoms with E-state index in [1.54, 1.807) is 6.92 Å². The van der Waals surface area contributed by atoms with Gasteiger partial charge in [0.15, 0.2) is 0 Å². The number of nitrogens with two attached hydrogens (primary N) is 1. The van der Waals surface area contributed by atoms with Crippen LogP contribution in [-0.4, -0.2) is 30.9 Å². The molecule has 1 heterocycles. The molecule has 0 aromatic heterocycles. The molecule has 5 nitrogen and oxygen atoms in total. The molecule has 1 aromatic rings. The van der Waals surface area contributed by atoms with Gasteiger partial charge in [-0.3, -0.25) is 9.59 Å². The lowest BCUT2D eigenvalue weighted by Crippen LogP contribution is -2.61. The summed E-state index contributed by atoms with van der Waals surface area (Å²) in [6.45, 7) is 1.67. The lowest BCUT2D eigenvalue weighted by atomic mass is 10.0. The van der Waals surface area contributed by atoms with Crippen molar-refractivity contribution in [1.29, 1.82) is 0 Å². The van der Waals surface area contributed by atoms with Gasteiger partial charge in [0.25, 0.3) is 0 Å². The highest BCUT2D eigenvalue weighted by Crippen LogP contribution is 2.06. The zero-order valence-electron chi connectivity index (χ0n) is 10.6. The summed E-state index contributed by atoms with van der Waals surface area (Å²) < 4.78 is 0. The first-order chi connectivity index (χ1) is 8.66. The van der Waals surface area contributed by atoms with Gasteiger partial charge in [0.1, 0.15) is 12.1 Å². The molecule has 2 rings (SSSR count). The van der Waals surface area contributed by atoms with Crippen LogP contribution < -0.4 is 16.4 Å². The predicted octanol–water partition coefficient (Wildman–Crippen LogP) is -0.193. The highest BCUT2D eigenvalue weighted by molar-refractivity contribution is 5.96. The molecule has 2 amide bonds. The van der Waals surface area contributed by atoms with Crippen molar-refractivity contribution in [3.05, 3.63) is 35.9 Å². The first kappa shape index (κ1) is 14.2. The fraction of sp³-hybridized carbons (Fsp3) is 0.385.